The predicted molar refractivity (Wildman–Crippen MR) is 21.4 cm³/mol. The molecule has 54 valence electrons. The second-order valence-electron chi connectivity index (χ2n) is 1.20. The molecular weight excluding hydrogens is 171 g/mol. The minimum absolute atomic E-state index is 0.937. The molecule has 0 radical (unpaired) electrons. The van der Waals surface area contributed by atoms with Crippen molar-refractivity contribution in [2.75, 3.05) is 0 Å². The molecule has 0 N–H and O–H groups in total. The molecule has 0 saturated carbocycles. The lowest BCUT2D eigenvalue weighted by molar-refractivity contribution is -1.62. The van der Waals surface area contributed by atoms with E-state index in [1.165, 1.54) is 6.92 Å². The number of hydrogen-bond acceptors (Lipinski definition) is 4. The number of carbonyl (C=O) groups excluding carboxylic acids is 1. The van der Waals surface area contributed by atoms with Gasteiger partial charge in [-0.25, -0.2) is 4.79 Å². The van der Waals surface area contributed by atoms with E-state index in [1.807, 2.05) is 0 Å². The third-order valence-electron chi connectivity index (χ3n) is 0.464. The third kappa shape index (κ3) is 4.47. The molecule has 0 fully saturated rings. The van der Waals surface area contributed by atoms with Crippen LogP contribution in [0.3, 0.4) is 0 Å². The monoisotopic (exact) mass is 174 g/mol. The van der Waals surface area contributed by atoms with Crippen LogP contribution in [-0.4, -0.2) is 11.3 Å². The first-order valence-corrected chi connectivity index (χ1v) is 3.32. The topological polar surface area (TPSA) is 72.4 Å². The second-order valence-corrected chi connectivity index (χ2v) is 2.39. The van der Waals surface area contributed by atoms with Crippen molar-refractivity contribution in [3.63, 3.8) is 0 Å². The first-order chi connectivity index (χ1) is 4.04. The molecule has 4 nitrogen and oxygen atoms in total. The molecule has 1 unspecified atom stereocenters. The van der Waals surface area contributed by atoms with E-state index in [4.69, 9.17) is 11.6 Å². The van der Waals surface area contributed by atoms with Crippen LogP contribution in [0.15, 0.2) is 0 Å². The lowest BCUT2D eigenvalue weighted by Gasteiger charge is -1.93. The number of rotatable bonds is 2. The van der Waals surface area contributed by atoms with Crippen molar-refractivity contribution in [3.05, 3.63) is 0 Å². The van der Waals surface area contributed by atoms with Crippen molar-refractivity contribution in [1.82, 2.24) is 0 Å². The van der Waals surface area contributed by atoms with Gasteiger partial charge in [0, 0.05) is 0 Å². The van der Waals surface area contributed by atoms with Gasteiger partial charge >= 0.3 is 16.8 Å². The molecular formula is C3H4Cl2O4. The second kappa shape index (κ2) is 3.90. The van der Waals surface area contributed by atoms with Gasteiger partial charge in [-0.05, 0) is 6.92 Å². The van der Waals surface area contributed by atoms with Gasteiger partial charge in [-0.2, -0.15) is 0 Å². The van der Waals surface area contributed by atoms with Crippen molar-refractivity contribution in [2.24, 2.45) is 0 Å². The van der Waals surface area contributed by atoms with E-state index < -0.39 is 22.1 Å². The fourth-order valence-electron chi connectivity index (χ4n) is 0.123. The summed E-state index contributed by atoms with van der Waals surface area (Å²) in [5, 5.41) is -0.937. The molecule has 0 aliphatic carbocycles. The van der Waals surface area contributed by atoms with Crippen molar-refractivity contribution in [2.45, 2.75) is 12.3 Å². The normalized spacial score (nSPS) is 13.4. The van der Waals surface area contributed by atoms with E-state index in [0.717, 1.165) is 0 Å². The van der Waals surface area contributed by atoms with E-state index in [0.29, 0.717) is 0 Å². The molecule has 0 spiro atoms. The van der Waals surface area contributed by atoms with Gasteiger partial charge in [0.15, 0.2) is 0 Å². The summed E-state index contributed by atoms with van der Waals surface area (Å²) in [7, 11) is -2.49. The van der Waals surface area contributed by atoms with Crippen molar-refractivity contribution < 1.29 is 29.2 Å². The molecule has 0 aromatic heterocycles. The van der Waals surface area contributed by atoms with Gasteiger partial charge in [0.05, 0.1) is 0 Å². The summed E-state index contributed by atoms with van der Waals surface area (Å²) in [6, 6.07) is 0. The Labute approximate surface area is 59.8 Å². The van der Waals surface area contributed by atoms with Crippen LogP contribution in [0, 0.1) is 10.8 Å². The maximum Gasteiger partial charge on any atom is 0.439 e. The smallest absolute Gasteiger partial charge is 0.307 e. The SMILES string of the molecule is CC(Cl)C(=O)O[Cl+2]([O-])[O-]. The highest BCUT2D eigenvalue weighted by Crippen LogP contribution is 1.96. The fourth-order valence-corrected chi connectivity index (χ4v) is 0.471. The van der Waals surface area contributed by atoms with Gasteiger partial charge in [-0.15, -0.1) is 11.6 Å². The van der Waals surface area contributed by atoms with Gasteiger partial charge in [0.1, 0.15) is 5.38 Å². The Hall–Kier alpha value is -0.0300. The zero-order valence-corrected chi connectivity index (χ0v) is 5.98. The van der Waals surface area contributed by atoms with Crippen LogP contribution in [0.1, 0.15) is 6.92 Å². The molecule has 0 rings (SSSR count). The Morgan fingerprint density at radius 2 is 2.22 bits per heavy atom. The van der Waals surface area contributed by atoms with Crippen LogP contribution in [0.2, 0.25) is 0 Å². The highest BCUT2D eigenvalue weighted by molar-refractivity contribution is 6.29. The Morgan fingerprint density at radius 1 is 1.78 bits per heavy atom. The Kier molecular flexibility index (Phi) is 3.88. The van der Waals surface area contributed by atoms with Gasteiger partial charge in [0.2, 0.25) is 0 Å². The Morgan fingerprint density at radius 3 is 2.33 bits per heavy atom. The zero-order valence-electron chi connectivity index (χ0n) is 4.47. The standard InChI is InChI=1S/C3H4Cl2O4/c1-2(4)3(6)9-5(7)8/h2H,1H3. The summed E-state index contributed by atoms with van der Waals surface area (Å²) in [4.78, 5) is 10.2. The maximum absolute atomic E-state index is 10.2. The Balaban J connectivity index is 3.51. The van der Waals surface area contributed by atoms with E-state index in [9.17, 15) is 14.1 Å². The van der Waals surface area contributed by atoms with Crippen LogP contribution in [0.5, 0.6) is 0 Å². The molecule has 0 heterocycles. The van der Waals surface area contributed by atoms with Crippen molar-refractivity contribution >= 4 is 17.6 Å². The number of hydrogen-bond donors (Lipinski definition) is 0. The molecule has 0 aliphatic heterocycles. The largest absolute Gasteiger partial charge is 0.439 e. The third-order valence-corrected chi connectivity index (χ3v) is 0.920. The first-order valence-electron chi connectivity index (χ1n) is 1.96. The molecule has 9 heavy (non-hydrogen) atoms. The average Bonchev–Trinajstić information content (AvgIpc) is 1.63. The minimum atomic E-state index is -2.49. The fraction of sp³-hybridized carbons (Fsp3) is 0.667. The van der Waals surface area contributed by atoms with Gasteiger partial charge in [-0.3, -0.25) is 0 Å². The molecule has 0 bridgehead atoms. The van der Waals surface area contributed by atoms with Crippen LogP contribution < -0.4 is 9.32 Å². The van der Waals surface area contributed by atoms with Crippen LogP contribution in [-0.2, 0) is 9.08 Å². The van der Waals surface area contributed by atoms with E-state index >= 15 is 0 Å². The molecule has 0 aliphatic rings. The molecule has 6 heteroatoms. The van der Waals surface area contributed by atoms with Gasteiger partial charge in [0.25, 0.3) is 0 Å². The number of halogens is 2. The van der Waals surface area contributed by atoms with Crippen molar-refractivity contribution in [3.8, 4) is 0 Å². The summed E-state index contributed by atoms with van der Waals surface area (Å²) in [6.07, 6.45) is 0. The average molecular weight is 175 g/mol. The molecule has 0 amide bonds. The number of alkyl halides is 1. The van der Waals surface area contributed by atoms with Crippen LogP contribution in [0.25, 0.3) is 0 Å². The highest BCUT2D eigenvalue weighted by Gasteiger charge is 2.22. The summed E-state index contributed by atoms with van der Waals surface area (Å²) in [5.41, 5.74) is 0. The van der Waals surface area contributed by atoms with E-state index in [2.05, 4.69) is 4.29 Å². The van der Waals surface area contributed by atoms with Crippen molar-refractivity contribution in [1.29, 1.82) is 0 Å². The summed E-state index contributed by atoms with van der Waals surface area (Å²) in [6.45, 7) is 1.31. The van der Waals surface area contributed by atoms with E-state index in [1.54, 1.807) is 0 Å². The summed E-state index contributed by atoms with van der Waals surface area (Å²) >= 11 is 5.12. The highest BCUT2D eigenvalue weighted by atomic mass is 35.6. The molecule has 0 aromatic rings. The van der Waals surface area contributed by atoms with Crippen LogP contribution >= 0.6 is 11.6 Å². The summed E-state index contributed by atoms with van der Waals surface area (Å²) < 4.78 is 22.8. The predicted octanol–water partition coefficient (Wildman–Crippen LogP) is -1.76. The lowest BCUT2D eigenvalue weighted by Crippen LogP contribution is -2.37. The zero-order chi connectivity index (χ0) is 7.44. The summed E-state index contributed by atoms with van der Waals surface area (Å²) in [5.74, 6) is -0.984. The lowest BCUT2D eigenvalue weighted by atomic mass is 10.5. The van der Waals surface area contributed by atoms with Gasteiger partial charge in [-0.1, -0.05) is 4.29 Å². The van der Waals surface area contributed by atoms with Gasteiger partial charge < -0.3 is 9.32 Å². The first kappa shape index (κ1) is 8.97. The van der Waals surface area contributed by atoms with Crippen LogP contribution in [0.4, 0.5) is 0 Å². The maximum atomic E-state index is 10.2. The quantitative estimate of drug-likeness (QED) is 0.466. The minimum Gasteiger partial charge on any atom is -0.307 e. The molecule has 0 aromatic carbocycles. The van der Waals surface area contributed by atoms with E-state index in [-0.39, 0.29) is 0 Å². The molecule has 1 atom stereocenters. The Bertz CT molecular complexity index is 102. The molecule has 0 saturated heterocycles. The number of carbonyl (C=O) groups is 1.